The third-order valence-corrected chi connectivity index (χ3v) is 4.82. The molecule has 0 aliphatic heterocycles. The summed E-state index contributed by atoms with van der Waals surface area (Å²) in [5.41, 5.74) is 2.46. The fourth-order valence-corrected chi connectivity index (χ4v) is 3.29. The van der Waals surface area contributed by atoms with E-state index in [1.807, 2.05) is 37.3 Å². The van der Waals surface area contributed by atoms with Crippen LogP contribution >= 0.6 is 23.4 Å². The number of amides is 1. The second kappa shape index (κ2) is 9.49. The van der Waals surface area contributed by atoms with Crippen molar-refractivity contribution in [1.29, 1.82) is 0 Å². The standard InChI is InChI=1S/C19H20ClNO3S/c1-13(15-6-4-8-17(20)10-15)21-18(22)12-25-11-14-5-3-7-16(9-14)19(23)24-2/h3-10,13H,11-12H2,1-2H3,(H,21,22)/t13-/m0/s1. The van der Waals surface area contributed by atoms with Crippen LogP contribution in [0.4, 0.5) is 0 Å². The van der Waals surface area contributed by atoms with Crippen molar-refractivity contribution in [2.24, 2.45) is 0 Å². The van der Waals surface area contributed by atoms with Crippen LogP contribution in [0.1, 0.15) is 34.5 Å². The van der Waals surface area contributed by atoms with Crippen LogP contribution < -0.4 is 5.32 Å². The van der Waals surface area contributed by atoms with Crippen LogP contribution in [0.2, 0.25) is 5.02 Å². The first kappa shape index (κ1) is 19.3. The van der Waals surface area contributed by atoms with Crippen molar-refractivity contribution in [3.8, 4) is 0 Å². The second-order valence-electron chi connectivity index (χ2n) is 5.53. The van der Waals surface area contributed by atoms with E-state index in [9.17, 15) is 9.59 Å². The minimum absolute atomic E-state index is 0.0402. The number of rotatable bonds is 7. The predicted octanol–water partition coefficient (Wildman–Crippen LogP) is 4.24. The van der Waals surface area contributed by atoms with Gasteiger partial charge in [0.25, 0.3) is 0 Å². The first-order chi connectivity index (χ1) is 12.0. The van der Waals surface area contributed by atoms with Crippen molar-refractivity contribution < 1.29 is 14.3 Å². The Morgan fingerprint density at radius 1 is 1.20 bits per heavy atom. The predicted molar refractivity (Wildman–Crippen MR) is 102 cm³/mol. The van der Waals surface area contributed by atoms with Crippen LogP contribution in [0, 0.1) is 0 Å². The summed E-state index contributed by atoms with van der Waals surface area (Å²) in [4.78, 5) is 23.6. The molecule has 1 N–H and O–H groups in total. The Hall–Kier alpha value is -1.98. The Labute approximate surface area is 156 Å². The molecule has 2 aromatic rings. The average Bonchev–Trinajstić information content (AvgIpc) is 2.61. The van der Waals surface area contributed by atoms with E-state index in [2.05, 4.69) is 5.32 Å². The third kappa shape index (κ3) is 6.11. The van der Waals surface area contributed by atoms with Gasteiger partial charge in [-0.1, -0.05) is 35.9 Å². The molecule has 0 aliphatic rings. The summed E-state index contributed by atoms with van der Waals surface area (Å²) in [5, 5.41) is 3.61. The molecule has 2 aromatic carbocycles. The minimum Gasteiger partial charge on any atom is -0.465 e. The van der Waals surface area contributed by atoms with Crippen molar-refractivity contribution in [2.45, 2.75) is 18.7 Å². The molecule has 1 amide bonds. The Bertz CT molecular complexity index is 751. The smallest absolute Gasteiger partial charge is 0.337 e. The van der Waals surface area contributed by atoms with Gasteiger partial charge in [-0.15, -0.1) is 11.8 Å². The van der Waals surface area contributed by atoms with Gasteiger partial charge < -0.3 is 10.1 Å². The first-order valence-electron chi connectivity index (χ1n) is 7.79. The first-order valence-corrected chi connectivity index (χ1v) is 9.32. The summed E-state index contributed by atoms with van der Waals surface area (Å²) < 4.78 is 4.71. The highest BCUT2D eigenvalue weighted by Crippen LogP contribution is 2.18. The van der Waals surface area contributed by atoms with E-state index in [-0.39, 0.29) is 17.9 Å². The summed E-state index contributed by atoms with van der Waals surface area (Å²) in [5.74, 6) is 0.582. The zero-order valence-corrected chi connectivity index (χ0v) is 15.7. The maximum atomic E-state index is 12.1. The molecule has 132 valence electrons. The van der Waals surface area contributed by atoms with Crippen molar-refractivity contribution >= 4 is 35.2 Å². The molecule has 0 unspecified atom stereocenters. The van der Waals surface area contributed by atoms with E-state index in [4.69, 9.17) is 16.3 Å². The lowest BCUT2D eigenvalue weighted by Gasteiger charge is -2.14. The molecule has 0 saturated carbocycles. The number of halogens is 1. The number of hydrogen-bond donors (Lipinski definition) is 1. The van der Waals surface area contributed by atoms with Crippen molar-refractivity contribution in [3.05, 3.63) is 70.2 Å². The van der Waals surface area contributed by atoms with Gasteiger partial charge >= 0.3 is 5.97 Å². The fraction of sp³-hybridized carbons (Fsp3) is 0.263. The van der Waals surface area contributed by atoms with Gasteiger partial charge in [-0.2, -0.15) is 0 Å². The normalized spacial score (nSPS) is 11.6. The molecule has 0 fully saturated rings. The highest BCUT2D eigenvalue weighted by molar-refractivity contribution is 7.99. The highest BCUT2D eigenvalue weighted by atomic mass is 35.5. The van der Waals surface area contributed by atoms with Gasteiger partial charge in [0.05, 0.1) is 24.5 Å². The Balaban J connectivity index is 1.81. The van der Waals surface area contributed by atoms with E-state index in [1.54, 1.807) is 18.2 Å². The van der Waals surface area contributed by atoms with Gasteiger partial charge in [-0.3, -0.25) is 4.79 Å². The van der Waals surface area contributed by atoms with Crippen LogP contribution in [-0.4, -0.2) is 24.7 Å². The van der Waals surface area contributed by atoms with Gasteiger partial charge in [0, 0.05) is 10.8 Å². The summed E-state index contributed by atoms with van der Waals surface area (Å²) >= 11 is 7.47. The molecule has 0 spiro atoms. The molecular formula is C19H20ClNO3S. The lowest BCUT2D eigenvalue weighted by Crippen LogP contribution is -2.28. The molecule has 0 radical (unpaired) electrons. The number of nitrogens with one attached hydrogen (secondary N) is 1. The maximum Gasteiger partial charge on any atom is 0.337 e. The number of benzene rings is 2. The molecule has 1 atom stereocenters. The lowest BCUT2D eigenvalue weighted by molar-refractivity contribution is -0.119. The Morgan fingerprint density at radius 3 is 2.68 bits per heavy atom. The van der Waals surface area contributed by atoms with Gasteiger partial charge in [-0.05, 0) is 42.3 Å². The minimum atomic E-state index is -0.361. The quantitative estimate of drug-likeness (QED) is 0.733. The molecule has 0 heterocycles. The molecular weight excluding hydrogens is 358 g/mol. The number of ether oxygens (including phenoxy) is 1. The average molecular weight is 378 g/mol. The molecule has 4 nitrogen and oxygen atoms in total. The van der Waals surface area contributed by atoms with E-state index >= 15 is 0 Å². The molecule has 2 rings (SSSR count). The highest BCUT2D eigenvalue weighted by Gasteiger charge is 2.10. The Morgan fingerprint density at radius 2 is 1.96 bits per heavy atom. The van der Waals surface area contributed by atoms with Crippen LogP contribution in [0.5, 0.6) is 0 Å². The molecule has 6 heteroatoms. The number of esters is 1. The third-order valence-electron chi connectivity index (χ3n) is 3.58. The Kier molecular flexibility index (Phi) is 7.34. The molecule has 0 aromatic heterocycles. The fourth-order valence-electron chi connectivity index (χ4n) is 2.31. The largest absolute Gasteiger partial charge is 0.465 e. The number of carbonyl (C=O) groups is 2. The number of hydrogen-bond acceptors (Lipinski definition) is 4. The summed E-state index contributed by atoms with van der Waals surface area (Å²) in [7, 11) is 1.36. The van der Waals surface area contributed by atoms with Gasteiger partial charge in [0.15, 0.2) is 0 Å². The summed E-state index contributed by atoms with van der Waals surface area (Å²) in [6.07, 6.45) is 0. The maximum absolute atomic E-state index is 12.1. The van der Waals surface area contributed by atoms with Crippen LogP contribution in [0.3, 0.4) is 0 Å². The molecule has 25 heavy (non-hydrogen) atoms. The van der Waals surface area contributed by atoms with Crippen molar-refractivity contribution in [3.63, 3.8) is 0 Å². The van der Waals surface area contributed by atoms with Crippen molar-refractivity contribution in [1.82, 2.24) is 5.32 Å². The lowest BCUT2D eigenvalue weighted by atomic mass is 10.1. The van der Waals surface area contributed by atoms with E-state index in [1.165, 1.54) is 18.9 Å². The number of methoxy groups -OCH3 is 1. The van der Waals surface area contributed by atoms with Crippen LogP contribution in [0.25, 0.3) is 0 Å². The molecule has 0 aliphatic carbocycles. The number of thioether (sulfide) groups is 1. The topological polar surface area (TPSA) is 55.4 Å². The van der Waals surface area contributed by atoms with Crippen LogP contribution in [-0.2, 0) is 15.3 Å². The summed E-state index contributed by atoms with van der Waals surface area (Å²) in [6.45, 7) is 1.92. The van der Waals surface area contributed by atoms with Gasteiger partial charge in [-0.25, -0.2) is 4.79 Å². The second-order valence-corrected chi connectivity index (χ2v) is 6.95. The molecule has 0 bridgehead atoms. The number of carbonyl (C=O) groups excluding carboxylic acids is 2. The zero-order chi connectivity index (χ0) is 18.2. The van der Waals surface area contributed by atoms with Crippen LogP contribution in [0.15, 0.2) is 48.5 Å². The monoisotopic (exact) mass is 377 g/mol. The zero-order valence-electron chi connectivity index (χ0n) is 14.1. The van der Waals surface area contributed by atoms with E-state index in [0.717, 1.165) is 11.1 Å². The van der Waals surface area contributed by atoms with Gasteiger partial charge in [0.1, 0.15) is 0 Å². The van der Waals surface area contributed by atoms with Gasteiger partial charge in [0.2, 0.25) is 5.91 Å². The molecule has 0 saturated heterocycles. The summed E-state index contributed by atoms with van der Waals surface area (Å²) in [6, 6.07) is 14.6. The van der Waals surface area contributed by atoms with E-state index < -0.39 is 0 Å². The SMILES string of the molecule is COC(=O)c1cccc(CSCC(=O)N[C@@H](C)c2cccc(Cl)c2)c1. The van der Waals surface area contributed by atoms with Crippen molar-refractivity contribution in [2.75, 3.05) is 12.9 Å². The van der Waals surface area contributed by atoms with E-state index in [0.29, 0.717) is 22.1 Å².